The minimum Gasteiger partial charge on any atom is -0.487 e. The van der Waals surface area contributed by atoms with Gasteiger partial charge in [-0.1, -0.05) is 80.0 Å². The summed E-state index contributed by atoms with van der Waals surface area (Å²) in [6.07, 6.45) is 1.64. The lowest BCUT2D eigenvalue weighted by molar-refractivity contribution is -0.144. The molecule has 1 atom stereocenters. The Morgan fingerprint density at radius 1 is 1.06 bits per heavy atom. The van der Waals surface area contributed by atoms with E-state index in [1.165, 1.54) is 16.0 Å². The number of carboxylic acid groups (broad SMARTS) is 1. The zero-order valence-corrected chi connectivity index (χ0v) is 21.7. The Morgan fingerprint density at radius 3 is 2.42 bits per heavy atom. The lowest BCUT2D eigenvalue weighted by atomic mass is 9.90. The van der Waals surface area contributed by atoms with Crippen molar-refractivity contribution in [3.63, 3.8) is 0 Å². The fourth-order valence-electron chi connectivity index (χ4n) is 4.75. The number of rotatable bonds is 9. The molecule has 1 aliphatic rings. The van der Waals surface area contributed by atoms with Crippen LogP contribution in [0.2, 0.25) is 5.02 Å². The van der Waals surface area contributed by atoms with Gasteiger partial charge >= 0.3 is 5.97 Å². The molecule has 0 spiro atoms. The number of hydrogen-bond donors (Lipinski definition) is 1. The molecule has 0 fully saturated rings. The second-order valence-corrected chi connectivity index (χ2v) is 10.6. The predicted molar refractivity (Wildman–Crippen MR) is 142 cm³/mol. The molecule has 0 aromatic heterocycles. The highest BCUT2D eigenvalue weighted by Gasteiger charge is 2.35. The molecule has 36 heavy (non-hydrogen) atoms. The maximum Gasteiger partial charge on any atom is 0.323 e. The van der Waals surface area contributed by atoms with Crippen LogP contribution in [0, 0.1) is 0 Å². The summed E-state index contributed by atoms with van der Waals surface area (Å²) in [6.45, 7) is 6.25. The van der Waals surface area contributed by atoms with Crippen LogP contribution >= 0.6 is 11.6 Å². The summed E-state index contributed by atoms with van der Waals surface area (Å²) in [5.74, 6) is 0.0175. The molecule has 0 aliphatic carbocycles. The first-order valence-electron chi connectivity index (χ1n) is 12.2. The first-order valence-corrected chi connectivity index (χ1v) is 12.6. The van der Waals surface area contributed by atoms with Crippen molar-refractivity contribution in [2.75, 3.05) is 6.54 Å². The fourth-order valence-corrected chi connectivity index (χ4v) is 4.95. The molecule has 0 bridgehead atoms. The Morgan fingerprint density at radius 2 is 1.75 bits per heavy atom. The second kappa shape index (κ2) is 10.8. The Labute approximate surface area is 217 Å². The van der Waals surface area contributed by atoms with Crippen LogP contribution in [-0.4, -0.2) is 34.0 Å². The number of amides is 1. The van der Waals surface area contributed by atoms with Crippen LogP contribution in [0.15, 0.2) is 66.7 Å². The summed E-state index contributed by atoms with van der Waals surface area (Å²) in [7, 11) is 0. The Hall–Kier alpha value is -3.31. The van der Waals surface area contributed by atoms with Crippen LogP contribution in [0.1, 0.15) is 54.5 Å². The van der Waals surface area contributed by atoms with Gasteiger partial charge in [0.2, 0.25) is 5.91 Å². The third kappa shape index (κ3) is 6.27. The van der Waals surface area contributed by atoms with Gasteiger partial charge in [-0.15, -0.1) is 0 Å². The molecule has 1 heterocycles. The summed E-state index contributed by atoms with van der Waals surface area (Å²) in [5.41, 5.74) is 4.81. The number of carboxylic acids is 1. The number of nitrogens with zero attached hydrogens (tertiary/aromatic N) is 1. The van der Waals surface area contributed by atoms with Gasteiger partial charge in [0.15, 0.2) is 0 Å². The Kier molecular flexibility index (Phi) is 7.70. The van der Waals surface area contributed by atoms with E-state index in [4.69, 9.17) is 16.3 Å². The number of halogens is 1. The van der Waals surface area contributed by atoms with Crippen molar-refractivity contribution in [3.8, 4) is 5.75 Å². The summed E-state index contributed by atoms with van der Waals surface area (Å²) < 4.78 is 6.34. The zero-order chi connectivity index (χ0) is 25.9. The molecule has 6 heteroatoms. The molecular weight excluding hydrogens is 474 g/mol. The molecule has 1 N–H and O–H groups in total. The normalized spacial score (nSPS) is 16.5. The van der Waals surface area contributed by atoms with E-state index in [0.717, 1.165) is 29.7 Å². The number of benzene rings is 3. The highest BCUT2D eigenvalue weighted by atomic mass is 35.5. The number of aliphatic carboxylic acids is 1. The monoisotopic (exact) mass is 505 g/mol. The standard InChI is InChI=1S/C30H32ClNO4/c1-20(2)23-11-8-21(9-12-23)16-30(3)17-25-14-22(10-13-27(25)36-30)15-28(33)32(19-29(34)35)18-24-6-4-5-7-26(24)31/h4-14,20H,15-19H2,1-3H3,(H,34,35)/t30-/m1/s1. The second-order valence-electron chi connectivity index (χ2n) is 10.2. The van der Waals surface area contributed by atoms with Crippen LogP contribution < -0.4 is 4.74 Å². The molecule has 1 amide bonds. The van der Waals surface area contributed by atoms with Gasteiger partial charge in [0.25, 0.3) is 0 Å². The van der Waals surface area contributed by atoms with E-state index in [9.17, 15) is 14.7 Å². The molecule has 188 valence electrons. The smallest absolute Gasteiger partial charge is 0.323 e. The molecule has 0 saturated heterocycles. The summed E-state index contributed by atoms with van der Waals surface area (Å²) in [6, 6.07) is 21.7. The molecule has 4 rings (SSSR count). The van der Waals surface area contributed by atoms with Crippen molar-refractivity contribution < 1.29 is 19.4 Å². The van der Waals surface area contributed by atoms with Crippen molar-refractivity contribution in [2.24, 2.45) is 0 Å². The van der Waals surface area contributed by atoms with Gasteiger partial charge in [0, 0.05) is 24.4 Å². The van der Waals surface area contributed by atoms with E-state index in [2.05, 4.69) is 45.0 Å². The largest absolute Gasteiger partial charge is 0.487 e. The third-order valence-electron chi connectivity index (χ3n) is 6.62. The van der Waals surface area contributed by atoms with E-state index in [1.54, 1.807) is 18.2 Å². The van der Waals surface area contributed by atoms with E-state index in [-0.39, 0.29) is 31.0 Å². The van der Waals surface area contributed by atoms with Crippen LogP contribution in [0.25, 0.3) is 0 Å². The molecule has 0 saturated carbocycles. The number of ether oxygens (including phenoxy) is 1. The number of carbonyl (C=O) groups is 2. The highest BCUT2D eigenvalue weighted by molar-refractivity contribution is 6.31. The van der Waals surface area contributed by atoms with E-state index < -0.39 is 5.97 Å². The van der Waals surface area contributed by atoms with Gasteiger partial charge in [-0.3, -0.25) is 9.59 Å². The molecule has 5 nitrogen and oxygen atoms in total. The summed E-state index contributed by atoms with van der Waals surface area (Å²) in [5, 5.41) is 9.86. The van der Waals surface area contributed by atoms with Gasteiger partial charge in [-0.25, -0.2) is 0 Å². The Bertz CT molecular complexity index is 1250. The minimum atomic E-state index is -1.06. The van der Waals surface area contributed by atoms with Crippen molar-refractivity contribution in [2.45, 2.75) is 58.1 Å². The fraction of sp³-hybridized carbons (Fsp3) is 0.333. The Balaban J connectivity index is 1.44. The van der Waals surface area contributed by atoms with E-state index >= 15 is 0 Å². The number of fused-ring (bicyclic) bond motifs is 1. The van der Waals surface area contributed by atoms with Crippen molar-refractivity contribution in [1.82, 2.24) is 4.90 Å². The lowest BCUT2D eigenvalue weighted by Gasteiger charge is -2.24. The molecule has 1 aliphatic heterocycles. The van der Waals surface area contributed by atoms with Gasteiger partial charge in [0.05, 0.1) is 6.42 Å². The van der Waals surface area contributed by atoms with E-state index in [1.807, 2.05) is 24.3 Å². The number of carbonyl (C=O) groups excluding carboxylic acids is 1. The van der Waals surface area contributed by atoms with Crippen molar-refractivity contribution in [3.05, 3.63) is 99.6 Å². The van der Waals surface area contributed by atoms with Gasteiger partial charge in [-0.2, -0.15) is 0 Å². The van der Waals surface area contributed by atoms with Crippen LogP contribution in [0.5, 0.6) is 5.75 Å². The van der Waals surface area contributed by atoms with Gasteiger partial charge in [-0.05, 0) is 52.8 Å². The van der Waals surface area contributed by atoms with Gasteiger partial charge < -0.3 is 14.7 Å². The first-order chi connectivity index (χ1) is 17.1. The van der Waals surface area contributed by atoms with Crippen LogP contribution in [0.3, 0.4) is 0 Å². The van der Waals surface area contributed by atoms with Crippen LogP contribution in [0.4, 0.5) is 0 Å². The van der Waals surface area contributed by atoms with Crippen molar-refractivity contribution >= 4 is 23.5 Å². The van der Waals surface area contributed by atoms with Crippen LogP contribution in [-0.2, 0) is 35.4 Å². The van der Waals surface area contributed by atoms with E-state index in [0.29, 0.717) is 16.5 Å². The molecule has 3 aromatic carbocycles. The summed E-state index contributed by atoms with van der Waals surface area (Å²) >= 11 is 6.24. The molecule has 3 aromatic rings. The van der Waals surface area contributed by atoms with Gasteiger partial charge in [0.1, 0.15) is 17.9 Å². The minimum absolute atomic E-state index is 0.110. The molecule has 0 radical (unpaired) electrons. The lowest BCUT2D eigenvalue weighted by Crippen LogP contribution is -2.36. The molecule has 0 unspecified atom stereocenters. The first kappa shape index (κ1) is 25.8. The maximum atomic E-state index is 13.1. The zero-order valence-electron chi connectivity index (χ0n) is 21.0. The topological polar surface area (TPSA) is 66.8 Å². The predicted octanol–water partition coefficient (Wildman–Crippen LogP) is 6.06. The average molecular weight is 506 g/mol. The number of hydrogen-bond acceptors (Lipinski definition) is 3. The quantitative estimate of drug-likeness (QED) is 0.384. The SMILES string of the molecule is CC(C)c1ccc(C[C@]2(C)Cc3cc(CC(=O)N(CC(=O)O)Cc4ccccc4Cl)ccc3O2)cc1. The molecular formula is C30H32ClNO4. The summed E-state index contributed by atoms with van der Waals surface area (Å²) in [4.78, 5) is 25.9. The maximum absolute atomic E-state index is 13.1. The highest BCUT2D eigenvalue weighted by Crippen LogP contribution is 2.37. The third-order valence-corrected chi connectivity index (χ3v) is 6.99. The average Bonchev–Trinajstić information content (AvgIpc) is 3.15. The van der Waals surface area contributed by atoms with Crippen molar-refractivity contribution in [1.29, 1.82) is 0 Å².